The highest BCUT2D eigenvalue weighted by molar-refractivity contribution is 6.74. The molecule has 1 fully saturated rings. The Hall–Kier alpha value is -0.653. The summed E-state index contributed by atoms with van der Waals surface area (Å²) in [6.45, 7) is 11.8. The monoisotopic (exact) mass is 466 g/mol. The van der Waals surface area contributed by atoms with Gasteiger partial charge in [0.1, 0.15) is 0 Å². The van der Waals surface area contributed by atoms with Crippen molar-refractivity contribution in [2.75, 3.05) is 0 Å². The summed E-state index contributed by atoms with van der Waals surface area (Å²) in [5.74, 6) is 0.278. The van der Waals surface area contributed by atoms with Crippen molar-refractivity contribution >= 4 is 14.3 Å². The summed E-state index contributed by atoms with van der Waals surface area (Å²) in [4.78, 5) is 10.7. The predicted octanol–water partition coefficient (Wildman–Crippen LogP) is 7.47. The molecular formula is C27H50O4Si. The lowest BCUT2D eigenvalue weighted by atomic mass is 9.82. The minimum atomic E-state index is -1.81. The van der Waals surface area contributed by atoms with E-state index in [0.29, 0.717) is 12.0 Å². The molecule has 0 amide bonds. The number of unbranched alkanes of at least 4 members (excludes halogenated alkanes) is 3. The molecule has 0 radical (unpaired) electrons. The van der Waals surface area contributed by atoms with Gasteiger partial charge >= 0.3 is 5.97 Å². The number of carboxylic acid groups (broad SMARTS) is 1. The third-order valence-corrected chi connectivity index (χ3v) is 12.9. The van der Waals surface area contributed by atoms with Gasteiger partial charge in [-0.15, -0.1) is 0 Å². The van der Waals surface area contributed by atoms with E-state index >= 15 is 0 Å². The molecule has 4 nitrogen and oxygen atoms in total. The van der Waals surface area contributed by atoms with E-state index in [1.807, 2.05) is 0 Å². The summed E-state index contributed by atoms with van der Waals surface area (Å²) in [6.07, 6.45) is 17.2. The normalized spacial score (nSPS) is 23.9. The smallest absolute Gasteiger partial charge is 0.303 e. The van der Waals surface area contributed by atoms with Gasteiger partial charge < -0.3 is 14.6 Å². The third kappa shape index (κ3) is 8.61. The fraction of sp³-hybridized carbons (Fsp3) is 0.889. The number of aliphatic carboxylic acids is 1. The number of aliphatic hydroxyl groups excluding tert-OH is 1. The van der Waals surface area contributed by atoms with Crippen LogP contribution in [0.3, 0.4) is 0 Å². The Morgan fingerprint density at radius 3 is 2.41 bits per heavy atom. The molecule has 2 N–H and O–H groups in total. The average Bonchev–Trinajstić information content (AvgIpc) is 3.07. The van der Waals surface area contributed by atoms with E-state index in [4.69, 9.17) is 9.53 Å². The second-order valence-corrected chi connectivity index (χ2v) is 16.6. The fourth-order valence-corrected chi connectivity index (χ4v) is 6.68. The van der Waals surface area contributed by atoms with E-state index in [-0.39, 0.29) is 23.5 Å². The zero-order valence-electron chi connectivity index (χ0n) is 21.5. The van der Waals surface area contributed by atoms with Crippen LogP contribution in [0, 0.1) is 11.8 Å². The largest absolute Gasteiger partial charge is 0.481 e. The molecule has 0 bridgehead atoms. The topological polar surface area (TPSA) is 66.8 Å². The molecule has 0 aliphatic heterocycles. The quantitative estimate of drug-likeness (QED) is 0.168. The Balaban J connectivity index is 1.90. The fourth-order valence-electron chi connectivity index (χ4n) is 5.26. The Morgan fingerprint density at radius 2 is 1.78 bits per heavy atom. The average molecular weight is 467 g/mol. The maximum absolute atomic E-state index is 10.7. The first-order chi connectivity index (χ1) is 15.0. The lowest BCUT2D eigenvalue weighted by Gasteiger charge is -2.42. The number of rotatable bonds is 13. The van der Waals surface area contributed by atoms with Crippen molar-refractivity contribution in [1.82, 2.24) is 0 Å². The van der Waals surface area contributed by atoms with E-state index in [0.717, 1.165) is 51.4 Å². The number of aliphatic hydroxyl groups is 1. The van der Waals surface area contributed by atoms with Crippen molar-refractivity contribution in [2.24, 2.45) is 11.8 Å². The molecule has 1 saturated carbocycles. The highest BCUT2D eigenvalue weighted by Gasteiger charge is 2.41. The van der Waals surface area contributed by atoms with Crippen molar-refractivity contribution in [2.45, 2.75) is 141 Å². The van der Waals surface area contributed by atoms with Crippen LogP contribution in [-0.2, 0) is 9.22 Å². The number of hydrogen-bond donors (Lipinski definition) is 2. The first-order valence-electron chi connectivity index (χ1n) is 13.3. The van der Waals surface area contributed by atoms with E-state index in [1.165, 1.54) is 37.7 Å². The van der Waals surface area contributed by atoms with Crippen molar-refractivity contribution < 1.29 is 19.4 Å². The molecule has 2 aliphatic rings. The van der Waals surface area contributed by atoms with Crippen LogP contribution in [0.1, 0.15) is 111 Å². The van der Waals surface area contributed by atoms with Crippen molar-refractivity contribution in [1.29, 1.82) is 0 Å². The second-order valence-electron chi connectivity index (χ2n) is 11.9. The molecule has 0 saturated heterocycles. The van der Waals surface area contributed by atoms with Gasteiger partial charge in [0.05, 0.1) is 6.10 Å². The van der Waals surface area contributed by atoms with E-state index in [1.54, 1.807) is 0 Å². The summed E-state index contributed by atoms with van der Waals surface area (Å²) >= 11 is 0. The maximum Gasteiger partial charge on any atom is 0.303 e. The van der Waals surface area contributed by atoms with Gasteiger partial charge in [0.2, 0.25) is 0 Å². The summed E-state index contributed by atoms with van der Waals surface area (Å²) in [7, 11) is -1.81. The molecule has 186 valence electrons. The molecular weight excluding hydrogens is 416 g/mol. The maximum atomic E-state index is 10.7. The summed E-state index contributed by atoms with van der Waals surface area (Å²) in [5, 5.41) is 19.6. The van der Waals surface area contributed by atoms with Crippen LogP contribution in [-0.4, -0.2) is 36.7 Å². The van der Waals surface area contributed by atoms with Gasteiger partial charge in [-0.25, -0.2) is 0 Å². The first kappa shape index (κ1) is 27.6. The van der Waals surface area contributed by atoms with Gasteiger partial charge in [0, 0.05) is 18.4 Å². The van der Waals surface area contributed by atoms with E-state index < -0.39 is 14.3 Å². The molecule has 1 unspecified atom stereocenters. The SMILES string of the molecule is CC(C)(C)[Si](C)(C)OC(CCC1=CC[C@H](O)[C@@H]1CCCCCCC(=O)O)C1CCCCC1. The van der Waals surface area contributed by atoms with Crippen LogP contribution in [0.4, 0.5) is 0 Å². The lowest BCUT2D eigenvalue weighted by Crippen LogP contribution is -2.46. The molecule has 0 aromatic rings. The summed E-state index contributed by atoms with van der Waals surface area (Å²) < 4.78 is 7.01. The molecule has 0 spiro atoms. The molecule has 0 aromatic heterocycles. The molecule has 0 heterocycles. The zero-order chi connectivity index (χ0) is 23.8. The Labute approximate surface area is 198 Å². The van der Waals surface area contributed by atoms with Crippen molar-refractivity contribution in [3.63, 3.8) is 0 Å². The first-order valence-corrected chi connectivity index (χ1v) is 16.2. The van der Waals surface area contributed by atoms with Crippen molar-refractivity contribution in [3.8, 4) is 0 Å². The van der Waals surface area contributed by atoms with Crippen LogP contribution in [0.15, 0.2) is 11.6 Å². The van der Waals surface area contributed by atoms with Gasteiger partial charge in [-0.05, 0) is 69.0 Å². The van der Waals surface area contributed by atoms with Gasteiger partial charge in [-0.3, -0.25) is 4.79 Å². The minimum Gasteiger partial charge on any atom is -0.481 e. The standard InChI is InChI=1S/C27H50O4Si/c1-27(2,3)32(4,5)31-25(22-13-9-8-10-14-22)20-18-21-17-19-24(28)23(21)15-11-6-7-12-16-26(29)30/h17,22-25,28H,6-16,18-20H2,1-5H3,(H,29,30)/t23-,24+,25?/m1/s1. The van der Waals surface area contributed by atoms with Gasteiger partial charge in [0.25, 0.3) is 0 Å². The third-order valence-electron chi connectivity index (χ3n) is 8.36. The molecule has 2 aliphatic carbocycles. The second kappa shape index (κ2) is 12.7. The molecule has 3 atom stereocenters. The Bertz CT molecular complexity index is 601. The van der Waals surface area contributed by atoms with Gasteiger partial charge in [-0.1, -0.05) is 70.9 Å². The van der Waals surface area contributed by atoms with Crippen LogP contribution in [0.25, 0.3) is 0 Å². The van der Waals surface area contributed by atoms with Crippen molar-refractivity contribution in [3.05, 3.63) is 11.6 Å². The van der Waals surface area contributed by atoms with Gasteiger partial charge in [0.15, 0.2) is 8.32 Å². The Kier molecular flexibility index (Phi) is 11.0. The number of carboxylic acids is 1. The van der Waals surface area contributed by atoms with Crippen LogP contribution >= 0.6 is 0 Å². The van der Waals surface area contributed by atoms with Crippen LogP contribution in [0.5, 0.6) is 0 Å². The predicted molar refractivity (Wildman–Crippen MR) is 135 cm³/mol. The number of hydrogen-bond acceptors (Lipinski definition) is 3. The molecule has 2 rings (SSSR count). The Morgan fingerprint density at radius 1 is 1.12 bits per heavy atom. The lowest BCUT2D eigenvalue weighted by molar-refractivity contribution is -0.137. The summed E-state index contributed by atoms with van der Waals surface area (Å²) in [6, 6.07) is 0. The minimum absolute atomic E-state index is 0.228. The molecule has 32 heavy (non-hydrogen) atoms. The summed E-state index contributed by atoms with van der Waals surface area (Å²) in [5.41, 5.74) is 1.45. The number of carbonyl (C=O) groups is 1. The highest BCUT2D eigenvalue weighted by atomic mass is 28.4. The van der Waals surface area contributed by atoms with Crippen LogP contribution in [0.2, 0.25) is 18.1 Å². The molecule has 0 aromatic carbocycles. The zero-order valence-corrected chi connectivity index (χ0v) is 22.5. The van der Waals surface area contributed by atoms with E-state index in [2.05, 4.69) is 39.9 Å². The van der Waals surface area contributed by atoms with Crippen LogP contribution < -0.4 is 0 Å². The highest BCUT2D eigenvalue weighted by Crippen LogP contribution is 2.42. The van der Waals surface area contributed by atoms with E-state index in [9.17, 15) is 9.90 Å². The van der Waals surface area contributed by atoms with Gasteiger partial charge in [-0.2, -0.15) is 0 Å². The molecule has 5 heteroatoms.